The Morgan fingerprint density at radius 3 is 2.44 bits per heavy atom. The molecule has 10 nitrogen and oxygen atoms in total. The molecule has 5 aromatic rings. The van der Waals surface area contributed by atoms with Crippen molar-refractivity contribution in [1.82, 2.24) is 29.5 Å². The van der Waals surface area contributed by atoms with Crippen LogP contribution in [0.4, 0.5) is 0 Å². The van der Waals surface area contributed by atoms with E-state index in [0.29, 0.717) is 56.1 Å². The lowest BCUT2D eigenvalue weighted by atomic mass is 9.91. The highest BCUT2D eigenvalue weighted by Gasteiger charge is 2.33. The summed E-state index contributed by atoms with van der Waals surface area (Å²) in [7, 11) is 1.80. The molecule has 0 unspecified atom stereocenters. The molecule has 0 radical (unpaired) electrons. The number of furan rings is 1. The average molecular weight is 676 g/mol. The van der Waals surface area contributed by atoms with Gasteiger partial charge in [-0.25, -0.2) is 4.98 Å². The number of halogens is 3. The molecule has 0 bridgehead atoms. The number of aliphatic hydroxyl groups is 2. The first-order chi connectivity index (χ1) is 20.8. The van der Waals surface area contributed by atoms with Crippen molar-refractivity contribution in [3.63, 3.8) is 0 Å². The van der Waals surface area contributed by atoms with Crippen molar-refractivity contribution < 1.29 is 14.6 Å². The quantitative estimate of drug-likeness (QED) is 0.183. The fraction of sp³-hybridized carbons (Fsp3) is 0.344. The number of aromatic nitrogens is 4. The van der Waals surface area contributed by atoms with E-state index < -0.39 is 5.60 Å². The van der Waals surface area contributed by atoms with Gasteiger partial charge in [-0.2, -0.15) is 5.10 Å². The Labute approximate surface area is 278 Å². The fourth-order valence-corrected chi connectivity index (χ4v) is 5.98. The Morgan fingerprint density at radius 2 is 1.78 bits per heavy atom. The molecular weight excluding hydrogens is 639 g/mol. The highest BCUT2D eigenvalue weighted by Crippen LogP contribution is 2.30. The molecule has 1 aliphatic heterocycles. The molecule has 0 atom stereocenters. The van der Waals surface area contributed by atoms with Crippen molar-refractivity contribution in [3.8, 4) is 22.6 Å². The second-order valence-corrected chi connectivity index (χ2v) is 11.6. The lowest BCUT2D eigenvalue weighted by Crippen LogP contribution is -2.47. The SMILES string of the molecule is Cl.Cl.Cn1nc2c(=O)n(CC3(O)CCN(Cc4ccc(-c5ccco5)cc4Cl)CC3)cnc2c1-c1ccc(CNCCO)cc1. The van der Waals surface area contributed by atoms with Crippen LogP contribution in [0.5, 0.6) is 0 Å². The topological polar surface area (TPSA) is 122 Å². The van der Waals surface area contributed by atoms with Crippen molar-refractivity contribution in [1.29, 1.82) is 0 Å². The summed E-state index contributed by atoms with van der Waals surface area (Å²) in [5, 5.41) is 28.8. The molecule has 0 saturated carbocycles. The Kier molecular flexibility index (Phi) is 11.5. The molecule has 3 aromatic heterocycles. The van der Waals surface area contributed by atoms with Crippen molar-refractivity contribution in [2.45, 2.75) is 38.1 Å². The summed E-state index contributed by atoms with van der Waals surface area (Å²) in [5.41, 5.74) is 4.23. The zero-order valence-electron chi connectivity index (χ0n) is 24.9. The molecule has 1 fully saturated rings. The molecule has 13 heteroatoms. The number of hydrogen-bond acceptors (Lipinski definition) is 8. The van der Waals surface area contributed by atoms with Gasteiger partial charge < -0.3 is 19.9 Å². The summed E-state index contributed by atoms with van der Waals surface area (Å²) >= 11 is 6.60. The maximum atomic E-state index is 13.5. The van der Waals surface area contributed by atoms with E-state index in [9.17, 15) is 9.90 Å². The first-order valence-electron chi connectivity index (χ1n) is 14.4. The van der Waals surface area contributed by atoms with E-state index in [-0.39, 0.29) is 49.0 Å². The van der Waals surface area contributed by atoms with Crippen LogP contribution in [0.15, 0.2) is 76.4 Å². The van der Waals surface area contributed by atoms with Gasteiger partial charge in [-0.1, -0.05) is 48.0 Å². The van der Waals surface area contributed by atoms with Crippen LogP contribution in [0.25, 0.3) is 33.6 Å². The number of aliphatic hydroxyl groups excluding tert-OH is 1. The highest BCUT2D eigenvalue weighted by atomic mass is 35.5. The van der Waals surface area contributed by atoms with Gasteiger partial charge in [0.15, 0.2) is 5.52 Å². The van der Waals surface area contributed by atoms with Crippen LogP contribution < -0.4 is 10.9 Å². The van der Waals surface area contributed by atoms with Gasteiger partial charge in [-0.05, 0) is 42.2 Å². The number of piperidine rings is 1. The second-order valence-electron chi connectivity index (χ2n) is 11.2. The number of likely N-dealkylation sites (tertiary alicyclic amines) is 1. The summed E-state index contributed by atoms with van der Waals surface area (Å²) < 4.78 is 8.64. The molecule has 2 aromatic carbocycles. The monoisotopic (exact) mass is 674 g/mol. The van der Waals surface area contributed by atoms with E-state index in [1.165, 1.54) is 10.9 Å². The van der Waals surface area contributed by atoms with Crippen molar-refractivity contribution in [2.24, 2.45) is 7.05 Å². The van der Waals surface area contributed by atoms with Crippen LogP contribution in [0.1, 0.15) is 24.0 Å². The number of nitrogens with zero attached hydrogens (tertiary/aromatic N) is 5. The lowest BCUT2D eigenvalue weighted by molar-refractivity contribution is -0.0364. The maximum Gasteiger partial charge on any atom is 0.281 e. The number of aryl methyl sites for hydroxylation is 1. The predicted molar refractivity (Wildman–Crippen MR) is 180 cm³/mol. The number of rotatable bonds is 10. The summed E-state index contributed by atoms with van der Waals surface area (Å²) in [6, 6.07) is 17.7. The van der Waals surface area contributed by atoms with Gasteiger partial charge in [-0.3, -0.25) is 18.9 Å². The van der Waals surface area contributed by atoms with E-state index in [1.54, 1.807) is 18.0 Å². The van der Waals surface area contributed by atoms with E-state index in [2.05, 4.69) is 20.3 Å². The molecule has 1 saturated heterocycles. The molecule has 0 aliphatic carbocycles. The van der Waals surface area contributed by atoms with Crippen LogP contribution in [0.2, 0.25) is 5.02 Å². The normalized spacial score (nSPS) is 14.7. The summed E-state index contributed by atoms with van der Waals surface area (Å²) in [5.74, 6) is 0.777. The van der Waals surface area contributed by atoms with Crippen molar-refractivity contribution in [2.75, 3.05) is 26.2 Å². The molecule has 0 spiro atoms. The van der Waals surface area contributed by atoms with Gasteiger partial charge in [0.1, 0.15) is 11.3 Å². The van der Waals surface area contributed by atoms with Gasteiger partial charge in [0, 0.05) is 55.9 Å². The molecule has 240 valence electrons. The third kappa shape index (κ3) is 7.61. The largest absolute Gasteiger partial charge is 0.464 e. The smallest absolute Gasteiger partial charge is 0.281 e. The molecule has 45 heavy (non-hydrogen) atoms. The minimum absolute atomic E-state index is 0. The Hall–Kier alpha value is -3.22. The number of nitrogens with one attached hydrogen (secondary N) is 1. The molecule has 3 N–H and O–H groups in total. The Bertz CT molecular complexity index is 1760. The van der Waals surface area contributed by atoms with E-state index in [4.69, 9.17) is 21.1 Å². The first kappa shape index (κ1) is 34.6. The summed E-state index contributed by atoms with van der Waals surface area (Å²) in [6.07, 6.45) is 4.20. The minimum Gasteiger partial charge on any atom is -0.464 e. The molecule has 1 aliphatic rings. The van der Waals surface area contributed by atoms with Gasteiger partial charge in [0.05, 0.1) is 37.0 Å². The molecule has 6 rings (SSSR count). The fourth-order valence-electron chi connectivity index (χ4n) is 5.74. The van der Waals surface area contributed by atoms with Crippen LogP contribution in [-0.2, 0) is 26.7 Å². The molecule has 4 heterocycles. The zero-order valence-corrected chi connectivity index (χ0v) is 27.2. The average Bonchev–Trinajstić information content (AvgIpc) is 3.66. The highest BCUT2D eigenvalue weighted by molar-refractivity contribution is 6.31. The predicted octanol–water partition coefficient (Wildman–Crippen LogP) is 4.66. The van der Waals surface area contributed by atoms with Crippen molar-refractivity contribution >= 4 is 47.4 Å². The van der Waals surface area contributed by atoms with Crippen LogP contribution in [-0.4, -0.2) is 66.3 Å². The third-order valence-electron chi connectivity index (χ3n) is 8.16. The van der Waals surface area contributed by atoms with Crippen LogP contribution in [0, 0.1) is 0 Å². The van der Waals surface area contributed by atoms with Gasteiger partial charge in [0.2, 0.25) is 0 Å². The molecule has 0 amide bonds. The standard InChI is InChI=1S/C32H35ClN6O4.2ClH/c1-37-30(23-6-4-22(5-7-23)18-34-12-15-40)28-29(36-37)31(41)39(21-35-28)20-32(42)10-13-38(14-11-32)19-25-9-8-24(17-26(25)33)27-3-2-16-43-27;;/h2-9,16-17,21,34,40,42H,10-15,18-20H2,1H3;2*1H. The van der Waals surface area contributed by atoms with E-state index in [1.807, 2.05) is 54.6 Å². The number of hydrogen-bond donors (Lipinski definition) is 3. The van der Waals surface area contributed by atoms with Gasteiger partial charge in [-0.15, -0.1) is 24.8 Å². The van der Waals surface area contributed by atoms with Crippen LogP contribution in [0.3, 0.4) is 0 Å². The lowest BCUT2D eigenvalue weighted by Gasteiger charge is -2.38. The maximum absolute atomic E-state index is 13.5. The van der Waals surface area contributed by atoms with E-state index >= 15 is 0 Å². The van der Waals surface area contributed by atoms with Gasteiger partial charge in [0.25, 0.3) is 5.56 Å². The Morgan fingerprint density at radius 1 is 1.04 bits per heavy atom. The van der Waals surface area contributed by atoms with Crippen molar-refractivity contribution in [3.05, 3.63) is 93.7 Å². The van der Waals surface area contributed by atoms with Crippen LogP contribution >= 0.6 is 36.4 Å². The van der Waals surface area contributed by atoms with E-state index in [0.717, 1.165) is 33.7 Å². The molecular formula is C32H37Cl3N6O4. The summed E-state index contributed by atoms with van der Waals surface area (Å²) in [4.78, 5) is 20.4. The summed E-state index contributed by atoms with van der Waals surface area (Å²) in [6.45, 7) is 3.47. The number of fused-ring (bicyclic) bond motifs is 1. The second kappa shape index (κ2) is 14.9. The third-order valence-corrected chi connectivity index (χ3v) is 8.51. The zero-order chi connectivity index (χ0) is 30.0. The van der Waals surface area contributed by atoms with Gasteiger partial charge >= 0.3 is 0 Å². The Balaban J connectivity index is 0.00000230. The number of benzene rings is 2. The first-order valence-corrected chi connectivity index (χ1v) is 14.8. The minimum atomic E-state index is -1.03.